The Kier molecular flexibility index (Phi) is 7.26. The smallest absolute Gasteiger partial charge is 0.324 e. The largest absolute Gasteiger partial charge is 0.465 e. The molecule has 1 unspecified atom stereocenters. The van der Waals surface area contributed by atoms with Crippen molar-refractivity contribution in [2.75, 3.05) is 26.2 Å². The molecule has 0 radical (unpaired) electrons. The monoisotopic (exact) mass is 442 g/mol. The molecule has 1 saturated heterocycles. The first-order valence-corrected chi connectivity index (χ1v) is 11.9. The van der Waals surface area contributed by atoms with Gasteiger partial charge in [0.05, 0.1) is 12.1 Å². The van der Waals surface area contributed by atoms with Gasteiger partial charge in [-0.15, -0.1) is 0 Å². The summed E-state index contributed by atoms with van der Waals surface area (Å²) in [5, 5.41) is 0. The quantitative estimate of drug-likeness (QED) is 0.383. The first kappa shape index (κ1) is 23.2. The summed E-state index contributed by atoms with van der Waals surface area (Å²) in [4.78, 5) is 17.9. The Morgan fingerprint density at radius 2 is 1.30 bits per heavy atom. The Balaban J connectivity index is 1.91. The number of rotatable bonds is 7. The second kappa shape index (κ2) is 10.3. The molecule has 33 heavy (non-hydrogen) atoms. The van der Waals surface area contributed by atoms with E-state index in [1.807, 2.05) is 6.92 Å². The van der Waals surface area contributed by atoms with Crippen LogP contribution < -0.4 is 0 Å². The molecule has 0 spiro atoms. The number of esters is 1. The average molecular weight is 443 g/mol. The third-order valence-electron chi connectivity index (χ3n) is 6.69. The van der Waals surface area contributed by atoms with Crippen molar-refractivity contribution in [1.29, 1.82) is 0 Å². The van der Waals surface area contributed by atoms with E-state index in [-0.39, 0.29) is 18.1 Å². The summed E-state index contributed by atoms with van der Waals surface area (Å²) in [5.41, 5.74) is 3.08. The maximum absolute atomic E-state index is 13.1. The normalized spacial score (nSPS) is 17.8. The van der Waals surface area contributed by atoms with E-state index >= 15 is 0 Å². The molecule has 0 bridgehead atoms. The fourth-order valence-electron chi connectivity index (χ4n) is 5.25. The molecule has 4 nitrogen and oxygen atoms in total. The molecule has 0 N–H and O–H groups in total. The summed E-state index contributed by atoms with van der Waals surface area (Å²) >= 11 is 0. The van der Waals surface area contributed by atoms with E-state index in [4.69, 9.17) is 4.74 Å². The summed E-state index contributed by atoms with van der Waals surface area (Å²) in [7, 11) is 0. The standard InChI is InChI=1S/C29H34N2O2/c1-4-33-28(32)27-22-30(20-21-31(27)23(2)3)29(24-14-8-5-9-15-24,25-16-10-6-11-17-25)26-18-12-7-13-19-26/h5-19,23,27H,4,20-22H2,1-3H3. The minimum absolute atomic E-state index is 0.140. The fourth-order valence-corrected chi connectivity index (χ4v) is 5.25. The Morgan fingerprint density at radius 3 is 1.70 bits per heavy atom. The lowest BCUT2D eigenvalue weighted by molar-refractivity contribution is -0.154. The Labute approximate surface area is 197 Å². The van der Waals surface area contributed by atoms with Crippen molar-refractivity contribution in [2.45, 2.75) is 38.4 Å². The van der Waals surface area contributed by atoms with Gasteiger partial charge in [0.15, 0.2) is 0 Å². The lowest BCUT2D eigenvalue weighted by Crippen LogP contribution is -2.63. The Morgan fingerprint density at radius 1 is 0.848 bits per heavy atom. The maximum Gasteiger partial charge on any atom is 0.324 e. The van der Waals surface area contributed by atoms with Crippen LogP contribution in [0, 0.1) is 0 Å². The van der Waals surface area contributed by atoms with E-state index in [9.17, 15) is 4.79 Å². The molecule has 0 saturated carbocycles. The zero-order valence-corrected chi connectivity index (χ0v) is 19.9. The van der Waals surface area contributed by atoms with Gasteiger partial charge in [-0.2, -0.15) is 0 Å². The lowest BCUT2D eigenvalue weighted by atomic mass is 9.75. The summed E-state index contributed by atoms with van der Waals surface area (Å²) in [5.74, 6) is -0.140. The van der Waals surface area contributed by atoms with Crippen LogP contribution in [0.15, 0.2) is 91.0 Å². The molecule has 0 aromatic heterocycles. The molecule has 3 aromatic carbocycles. The van der Waals surface area contributed by atoms with E-state index in [0.29, 0.717) is 13.2 Å². The van der Waals surface area contributed by atoms with Gasteiger partial charge in [0.1, 0.15) is 6.04 Å². The Bertz CT molecular complexity index is 925. The van der Waals surface area contributed by atoms with Crippen LogP contribution in [0.4, 0.5) is 0 Å². The van der Waals surface area contributed by atoms with Crippen LogP contribution in [-0.4, -0.2) is 54.1 Å². The highest BCUT2D eigenvalue weighted by atomic mass is 16.5. The van der Waals surface area contributed by atoms with Crippen LogP contribution in [0.25, 0.3) is 0 Å². The van der Waals surface area contributed by atoms with Crippen molar-refractivity contribution in [2.24, 2.45) is 0 Å². The SMILES string of the molecule is CCOC(=O)C1CN(C(c2ccccc2)(c2ccccc2)c2ccccc2)CCN1C(C)C. The van der Waals surface area contributed by atoms with Gasteiger partial charge in [0, 0.05) is 25.7 Å². The van der Waals surface area contributed by atoms with E-state index in [1.54, 1.807) is 0 Å². The first-order valence-electron chi connectivity index (χ1n) is 11.9. The number of piperazine rings is 1. The lowest BCUT2D eigenvalue weighted by Gasteiger charge is -2.51. The summed E-state index contributed by atoms with van der Waals surface area (Å²) in [6.07, 6.45) is 0. The molecule has 1 heterocycles. The van der Waals surface area contributed by atoms with Gasteiger partial charge < -0.3 is 4.74 Å². The van der Waals surface area contributed by atoms with Crippen molar-refractivity contribution in [3.05, 3.63) is 108 Å². The van der Waals surface area contributed by atoms with Crippen molar-refractivity contribution in [3.63, 3.8) is 0 Å². The second-order valence-corrected chi connectivity index (χ2v) is 8.85. The number of nitrogens with zero attached hydrogens (tertiary/aromatic N) is 2. The molecule has 1 atom stereocenters. The second-order valence-electron chi connectivity index (χ2n) is 8.85. The van der Waals surface area contributed by atoms with Crippen LogP contribution in [0.1, 0.15) is 37.5 Å². The number of hydrogen-bond acceptors (Lipinski definition) is 4. The molecule has 4 rings (SSSR count). The van der Waals surface area contributed by atoms with Crippen molar-refractivity contribution in [1.82, 2.24) is 9.80 Å². The molecule has 0 aliphatic carbocycles. The van der Waals surface area contributed by atoms with Gasteiger partial charge >= 0.3 is 5.97 Å². The molecule has 4 heteroatoms. The van der Waals surface area contributed by atoms with Gasteiger partial charge in [0.25, 0.3) is 0 Å². The minimum atomic E-state index is -0.516. The molecule has 172 valence electrons. The van der Waals surface area contributed by atoms with Crippen molar-refractivity contribution >= 4 is 5.97 Å². The third-order valence-corrected chi connectivity index (χ3v) is 6.69. The zero-order chi connectivity index (χ0) is 23.3. The predicted molar refractivity (Wildman–Crippen MR) is 133 cm³/mol. The highest BCUT2D eigenvalue weighted by Crippen LogP contribution is 2.43. The molecular weight excluding hydrogens is 408 g/mol. The topological polar surface area (TPSA) is 32.8 Å². The fraction of sp³-hybridized carbons (Fsp3) is 0.345. The molecule has 1 fully saturated rings. The highest BCUT2D eigenvalue weighted by Gasteiger charge is 2.47. The molecule has 1 aliphatic rings. The van der Waals surface area contributed by atoms with Gasteiger partial charge in [-0.25, -0.2) is 0 Å². The van der Waals surface area contributed by atoms with Gasteiger partial charge in [0.2, 0.25) is 0 Å². The number of ether oxygens (including phenoxy) is 1. The van der Waals surface area contributed by atoms with Crippen molar-refractivity contribution in [3.8, 4) is 0 Å². The molecule has 3 aromatic rings. The van der Waals surface area contributed by atoms with Gasteiger partial charge in [-0.05, 0) is 37.5 Å². The van der Waals surface area contributed by atoms with Crippen LogP contribution in [0.5, 0.6) is 0 Å². The van der Waals surface area contributed by atoms with E-state index < -0.39 is 5.54 Å². The number of carbonyl (C=O) groups is 1. The Hall–Kier alpha value is -2.95. The molecule has 0 amide bonds. The third kappa shape index (κ3) is 4.46. The minimum Gasteiger partial charge on any atom is -0.465 e. The molecular formula is C29H34N2O2. The zero-order valence-electron chi connectivity index (χ0n) is 19.9. The van der Waals surface area contributed by atoms with Gasteiger partial charge in [-0.1, -0.05) is 91.0 Å². The number of carbonyl (C=O) groups excluding carboxylic acids is 1. The van der Waals surface area contributed by atoms with Crippen molar-refractivity contribution < 1.29 is 9.53 Å². The van der Waals surface area contributed by atoms with E-state index in [2.05, 4.69) is 115 Å². The van der Waals surface area contributed by atoms with E-state index in [0.717, 1.165) is 13.1 Å². The predicted octanol–water partition coefficient (Wildman–Crippen LogP) is 4.94. The van der Waals surface area contributed by atoms with E-state index in [1.165, 1.54) is 16.7 Å². The summed E-state index contributed by atoms with van der Waals surface area (Å²) < 4.78 is 5.53. The van der Waals surface area contributed by atoms with Crippen LogP contribution in [-0.2, 0) is 15.1 Å². The van der Waals surface area contributed by atoms with Gasteiger partial charge in [-0.3, -0.25) is 14.6 Å². The summed E-state index contributed by atoms with van der Waals surface area (Å²) in [6, 6.07) is 31.9. The number of benzene rings is 3. The number of hydrogen-bond donors (Lipinski definition) is 0. The average Bonchev–Trinajstić information content (AvgIpc) is 2.86. The maximum atomic E-state index is 13.1. The van der Waals surface area contributed by atoms with Crippen LogP contribution in [0.3, 0.4) is 0 Å². The molecule has 1 aliphatic heterocycles. The van der Waals surface area contributed by atoms with Crippen LogP contribution in [0.2, 0.25) is 0 Å². The first-order chi connectivity index (χ1) is 16.1. The highest BCUT2D eigenvalue weighted by molar-refractivity contribution is 5.76. The summed E-state index contributed by atoms with van der Waals surface area (Å²) in [6.45, 7) is 8.81. The van der Waals surface area contributed by atoms with Crippen LogP contribution >= 0.6 is 0 Å².